The Labute approximate surface area is 161 Å². The van der Waals surface area contributed by atoms with Crippen molar-refractivity contribution in [2.75, 3.05) is 13.7 Å². The largest absolute Gasteiger partial charge is 0.490 e. The van der Waals surface area contributed by atoms with Crippen molar-refractivity contribution in [2.24, 2.45) is 4.99 Å². The SMILES string of the molecule is CCOc1ccccc1Oc1ccc(CNC(=NC)NC2CCCC2)cn1. The number of ether oxygens (including phenoxy) is 2. The summed E-state index contributed by atoms with van der Waals surface area (Å²) in [7, 11) is 1.80. The van der Waals surface area contributed by atoms with Crippen molar-refractivity contribution in [3.05, 3.63) is 48.2 Å². The molecule has 0 spiro atoms. The number of nitrogens with zero attached hydrogens (tertiary/aromatic N) is 2. The molecule has 2 N–H and O–H groups in total. The van der Waals surface area contributed by atoms with Gasteiger partial charge in [-0.3, -0.25) is 4.99 Å². The van der Waals surface area contributed by atoms with Gasteiger partial charge in [0.1, 0.15) is 0 Å². The lowest BCUT2D eigenvalue weighted by molar-refractivity contribution is 0.319. The zero-order valence-electron chi connectivity index (χ0n) is 16.1. The number of aliphatic imine (C=N–C) groups is 1. The van der Waals surface area contributed by atoms with Crippen molar-refractivity contribution in [1.29, 1.82) is 0 Å². The summed E-state index contributed by atoms with van der Waals surface area (Å²) in [6.07, 6.45) is 6.85. The van der Waals surface area contributed by atoms with Crippen LogP contribution in [0.25, 0.3) is 0 Å². The number of para-hydroxylation sites is 2. The second kappa shape index (κ2) is 9.80. The van der Waals surface area contributed by atoms with Crippen LogP contribution in [0.3, 0.4) is 0 Å². The van der Waals surface area contributed by atoms with E-state index in [2.05, 4.69) is 20.6 Å². The van der Waals surface area contributed by atoms with E-state index in [-0.39, 0.29) is 0 Å². The van der Waals surface area contributed by atoms with Gasteiger partial charge in [-0.05, 0) is 37.5 Å². The number of rotatable bonds is 7. The first-order valence-corrected chi connectivity index (χ1v) is 9.60. The molecule has 27 heavy (non-hydrogen) atoms. The summed E-state index contributed by atoms with van der Waals surface area (Å²) in [6, 6.07) is 12.0. The van der Waals surface area contributed by atoms with Crippen LogP contribution in [-0.4, -0.2) is 30.6 Å². The predicted molar refractivity (Wildman–Crippen MR) is 108 cm³/mol. The smallest absolute Gasteiger partial charge is 0.219 e. The first-order chi connectivity index (χ1) is 13.3. The number of benzene rings is 1. The van der Waals surface area contributed by atoms with Gasteiger partial charge in [0.15, 0.2) is 17.5 Å². The van der Waals surface area contributed by atoms with Gasteiger partial charge in [-0.15, -0.1) is 0 Å². The van der Waals surface area contributed by atoms with Crippen LogP contribution in [0.15, 0.2) is 47.6 Å². The highest BCUT2D eigenvalue weighted by atomic mass is 16.5. The van der Waals surface area contributed by atoms with E-state index in [0.29, 0.717) is 36.6 Å². The molecule has 2 aromatic rings. The summed E-state index contributed by atoms with van der Waals surface area (Å²) in [4.78, 5) is 8.71. The van der Waals surface area contributed by atoms with Crippen molar-refractivity contribution >= 4 is 5.96 Å². The molecule has 1 heterocycles. The van der Waals surface area contributed by atoms with Crippen molar-refractivity contribution in [3.8, 4) is 17.4 Å². The van der Waals surface area contributed by atoms with Crippen LogP contribution < -0.4 is 20.1 Å². The van der Waals surface area contributed by atoms with Crippen LogP contribution in [0, 0.1) is 0 Å². The van der Waals surface area contributed by atoms with Gasteiger partial charge in [0, 0.05) is 31.9 Å². The molecule has 3 rings (SSSR count). The summed E-state index contributed by atoms with van der Waals surface area (Å²) in [6.45, 7) is 3.20. The Kier molecular flexibility index (Phi) is 6.90. The topological polar surface area (TPSA) is 67.8 Å². The Morgan fingerprint density at radius 1 is 1.15 bits per heavy atom. The maximum Gasteiger partial charge on any atom is 0.219 e. The molecular formula is C21H28N4O2. The average Bonchev–Trinajstić information content (AvgIpc) is 3.21. The maximum absolute atomic E-state index is 5.86. The number of nitrogens with one attached hydrogen (secondary N) is 2. The Hall–Kier alpha value is -2.76. The molecule has 1 aromatic heterocycles. The zero-order valence-corrected chi connectivity index (χ0v) is 16.1. The molecule has 0 bridgehead atoms. The summed E-state index contributed by atoms with van der Waals surface area (Å²) in [5.41, 5.74) is 1.06. The molecule has 6 heteroatoms. The highest BCUT2D eigenvalue weighted by Crippen LogP contribution is 2.30. The molecule has 0 aliphatic heterocycles. The third-order valence-electron chi connectivity index (χ3n) is 4.54. The van der Waals surface area contributed by atoms with Crippen LogP contribution in [-0.2, 0) is 6.54 Å². The number of hydrogen-bond acceptors (Lipinski definition) is 4. The molecular weight excluding hydrogens is 340 g/mol. The lowest BCUT2D eigenvalue weighted by Gasteiger charge is -2.16. The van der Waals surface area contributed by atoms with Crippen molar-refractivity contribution in [3.63, 3.8) is 0 Å². The monoisotopic (exact) mass is 368 g/mol. The van der Waals surface area contributed by atoms with E-state index in [4.69, 9.17) is 9.47 Å². The third kappa shape index (κ3) is 5.61. The van der Waals surface area contributed by atoms with Crippen molar-refractivity contribution in [2.45, 2.75) is 45.2 Å². The normalized spacial score (nSPS) is 14.8. The zero-order chi connectivity index (χ0) is 18.9. The predicted octanol–water partition coefficient (Wildman–Crippen LogP) is 3.88. The minimum atomic E-state index is 0.538. The highest BCUT2D eigenvalue weighted by Gasteiger charge is 2.15. The molecule has 1 fully saturated rings. The van der Waals surface area contributed by atoms with E-state index in [9.17, 15) is 0 Å². The van der Waals surface area contributed by atoms with Gasteiger partial charge in [-0.25, -0.2) is 4.98 Å². The summed E-state index contributed by atoms with van der Waals surface area (Å²) < 4.78 is 11.4. The van der Waals surface area contributed by atoms with E-state index >= 15 is 0 Å². The van der Waals surface area contributed by atoms with E-state index < -0.39 is 0 Å². The highest BCUT2D eigenvalue weighted by molar-refractivity contribution is 5.79. The van der Waals surface area contributed by atoms with Gasteiger partial charge < -0.3 is 20.1 Å². The quantitative estimate of drug-likeness (QED) is 0.573. The number of hydrogen-bond donors (Lipinski definition) is 2. The molecule has 0 amide bonds. The van der Waals surface area contributed by atoms with E-state index in [0.717, 1.165) is 11.5 Å². The standard InChI is InChI=1S/C21H28N4O2/c1-3-26-18-10-6-7-11-19(18)27-20-13-12-16(14-23-20)15-24-21(22-2)25-17-8-4-5-9-17/h6-7,10-14,17H,3-5,8-9,15H2,1-2H3,(H2,22,24,25). The fourth-order valence-electron chi connectivity index (χ4n) is 3.14. The fraction of sp³-hybridized carbons (Fsp3) is 0.429. The number of aromatic nitrogens is 1. The lowest BCUT2D eigenvalue weighted by atomic mass is 10.2. The third-order valence-corrected chi connectivity index (χ3v) is 4.54. The molecule has 1 aliphatic carbocycles. The molecule has 0 saturated heterocycles. The molecule has 0 unspecified atom stereocenters. The van der Waals surface area contributed by atoms with E-state index in [1.165, 1.54) is 25.7 Å². The number of guanidine groups is 1. The first-order valence-electron chi connectivity index (χ1n) is 9.60. The minimum Gasteiger partial charge on any atom is -0.490 e. The number of pyridine rings is 1. The van der Waals surface area contributed by atoms with Crippen LogP contribution in [0.4, 0.5) is 0 Å². The van der Waals surface area contributed by atoms with Crippen LogP contribution >= 0.6 is 0 Å². The molecule has 0 atom stereocenters. The fourth-order valence-corrected chi connectivity index (χ4v) is 3.14. The second-order valence-corrected chi connectivity index (χ2v) is 6.54. The Balaban J connectivity index is 1.54. The van der Waals surface area contributed by atoms with Gasteiger partial charge in [-0.2, -0.15) is 0 Å². The summed E-state index contributed by atoms with van der Waals surface area (Å²) in [5.74, 6) is 2.76. The minimum absolute atomic E-state index is 0.538. The molecule has 1 aliphatic rings. The van der Waals surface area contributed by atoms with Gasteiger partial charge in [0.05, 0.1) is 6.61 Å². The van der Waals surface area contributed by atoms with Crippen LogP contribution in [0.5, 0.6) is 17.4 Å². The van der Waals surface area contributed by atoms with E-state index in [1.54, 1.807) is 7.05 Å². The lowest BCUT2D eigenvalue weighted by Crippen LogP contribution is -2.41. The van der Waals surface area contributed by atoms with Crippen LogP contribution in [0.2, 0.25) is 0 Å². The molecule has 144 valence electrons. The Bertz CT molecular complexity index is 740. The van der Waals surface area contributed by atoms with Gasteiger partial charge in [0.25, 0.3) is 0 Å². The van der Waals surface area contributed by atoms with Gasteiger partial charge in [0.2, 0.25) is 5.88 Å². The molecule has 1 aromatic carbocycles. The molecule has 6 nitrogen and oxygen atoms in total. The summed E-state index contributed by atoms with van der Waals surface area (Å²) >= 11 is 0. The Morgan fingerprint density at radius 2 is 1.93 bits per heavy atom. The second-order valence-electron chi connectivity index (χ2n) is 6.54. The van der Waals surface area contributed by atoms with Crippen LogP contribution in [0.1, 0.15) is 38.2 Å². The van der Waals surface area contributed by atoms with E-state index in [1.807, 2.05) is 49.5 Å². The Morgan fingerprint density at radius 3 is 2.59 bits per heavy atom. The molecule has 1 saturated carbocycles. The van der Waals surface area contributed by atoms with Crippen molar-refractivity contribution in [1.82, 2.24) is 15.6 Å². The van der Waals surface area contributed by atoms with Gasteiger partial charge in [-0.1, -0.05) is 31.0 Å². The summed E-state index contributed by atoms with van der Waals surface area (Å²) in [5, 5.41) is 6.82. The first kappa shape index (κ1) is 19.0. The molecule has 0 radical (unpaired) electrons. The van der Waals surface area contributed by atoms with Crippen molar-refractivity contribution < 1.29 is 9.47 Å². The average molecular weight is 368 g/mol. The van der Waals surface area contributed by atoms with Gasteiger partial charge >= 0.3 is 0 Å². The maximum atomic E-state index is 5.86.